The highest BCUT2D eigenvalue weighted by Gasteiger charge is 2.37. The quantitative estimate of drug-likeness (QED) is 0.360. The number of amides is 1. The Kier molecular flexibility index (Phi) is 8.01. The SMILES string of the molecule is CC1CCC(C(=O)N(c2cc(-c3ccccc3)sc2C(=O)Oc2cccnc2)C2CCN(C)CC2)CC1. The van der Waals surface area contributed by atoms with E-state index in [2.05, 4.69) is 23.9 Å². The Hall–Kier alpha value is -3.03. The maximum Gasteiger partial charge on any atom is 0.355 e. The Balaban J connectivity index is 1.55. The van der Waals surface area contributed by atoms with Gasteiger partial charge in [0.05, 0.1) is 11.9 Å². The van der Waals surface area contributed by atoms with Crippen LogP contribution in [-0.4, -0.2) is 47.9 Å². The second-order valence-corrected chi connectivity index (χ2v) is 11.5. The summed E-state index contributed by atoms with van der Waals surface area (Å²) in [6.45, 7) is 4.13. The van der Waals surface area contributed by atoms with Crippen LogP contribution >= 0.6 is 11.3 Å². The summed E-state index contributed by atoms with van der Waals surface area (Å²) in [6, 6.07) is 15.6. The average Bonchev–Trinajstić information content (AvgIpc) is 3.36. The van der Waals surface area contributed by atoms with Gasteiger partial charge in [-0.05, 0) is 88.3 Å². The minimum absolute atomic E-state index is 0.00174. The first-order valence-electron chi connectivity index (χ1n) is 13.3. The van der Waals surface area contributed by atoms with Crippen molar-refractivity contribution in [3.63, 3.8) is 0 Å². The number of pyridine rings is 1. The Bertz CT molecular complexity index is 1200. The Labute approximate surface area is 223 Å². The third-order valence-electron chi connectivity index (χ3n) is 7.72. The van der Waals surface area contributed by atoms with E-state index < -0.39 is 5.97 Å². The monoisotopic (exact) mass is 517 g/mol. The number of esters is 1. The van der Waals surface area contributed by atoms with Crippen LogP contribution in [0.4, 0.5) is 5.69 Å². The number of hydrogen-bond acceptors (Lipinski definition) is 6. The molecule has 0 bridgehead atoms. The Morgan fingerprint density at radius 3 is 2.41 bits per heavy atom. The number of aromatic nitrogens is 1. The summed E-state index contributed by atoms with van der Waals surface area (Å²) in [5.74, 6) is 0.772. The fourth-order valence-corrected chi connectivity index (χ4v) is 6.50. The molecule has 5 rings (SSSR count). The summed E-state index contributed by atoms with van der Waals surface area (Å²) in [5, 5.41) is 0. The van der Waals surface area contributed by atoms with E-state index in [-0.39, 0.29) is 17.9 Å². The van der Waals surface area contributed by atoms with Crippen molar-refractivity contribution in [1.82, 2.24) is 9.88 Å². The molecule has 2 aromatic heterocycles. The van der Waals surface area contributed by atoms with Gasteiger partial charge >= 0.3 is 5.97 Å². The number of hydrogen-bond donors (Lipinski definition) is 0. The number of thiophene rings is 1. The van der Waals surface area contributed by atoms with Crippen molar-refractivity contribution < 1.29 is 14.3 Å². The first-order chi connectivity index (χ1) is 18.0. The van der Waals surface area contributed by atoms with Gasteiger partial charge < -0.3 is 14.5 Å². The van der Waals surface area contributed by atoms with Gasteiger partial charge in [0.25, 0.3) is 0 Å². The molecule has 0 radical (unpaired) electrons. The number of carbonyl (C=O) groups excluding carboxylic acids is 2. The molecule has 1 saturated heterocycles. The molecule has 0 unspecified atom stereocenters. The zero-order valence-electron chi connectivity index (χ0n) is 21.6. The predicted molar refractivity (Wildman–Crippen MR) is 148 cm³/mol. The van der Waals surface area contributed by atoms with Crippen LogP contribution in [0.5, 0.6) is 5.75 Å². The van der Waals surface area contributed by atoms with Crippen LogP contribution in [0.3, 0.4) is 0 Å². The van der Waals surface area contributed by atoms with Crippen LogP contribution in [0, 0.1) is 11.8 Å². The van der Waals surface area contributed by atoms with E-state index in [1.807, 2.05) is 41.3 Å². The zero-order valence-corrected chi connectivity index (χ0v) is 22.5. The molecule has 0 spiro atoms. The molecule has 1 aliphatic heterocycles. The lowest BCUT2D eigenvalue weighted by atomic mass is 9.82. The molecule has 37 heavy (non-hydrogen) atoms. The highest BCUT2D eigenvalue weighted by molar-refractivity contribution is 7.18. The van der Waals surface area contributed by atoms with E-state index in [4.69, 9.17) is 4.74 Å². The molecule has 3 aromatic rings. The minimum Gasteiger partial charge on any atom is -0.421 e. The summed E-state index contributed by atoms with van der Waals surface area (Å²) >= 11 is 1.40. The lowest BCUT2D eigenvalue weighted by Crippen LogP contribution is -2.49. The van der Waals surface area contributed by atoms with Gasteiger partial charge in [0.1, 0.15) is 10.6 Å². The van der Waals surface area contributed by atoms with E-state index in [1.54, 1.807) is 18.3 Å². The summed E-state index contributed by atoms with van der Waals surface area (Å²) in [4.78, 5) is 37.6. The fraction of sp³-hybridized carbons (Fsp3) is 0.433. The number of benzene rings is 1. The molecule has 194 valence electrons. The summed E-state index contributed by atoms with van der Waals surface area (Å²) < 4.78 is 5.75. The Morgan fingerprint density at radius 2 is 1.73 bits per heavy atom. The first kappa shape index (κ1) is 25.6. The molecule has 2 aliphatic rings. The third kappa shape index (κ3) is 5.94. The number of likely N-dealkylation sites (tertiary alicyclic amines) is 1. The van der Waals surface area contributed by atoms with E-state index >= 15 is 0 Å². The van der Waals surface area contributed by atoms with Crippen LogP contribution in [0.25, 0.3) is 10.4 Å². The number of anilines is 1. The van der Waals surface area contributed by atoms with Gasteiger partial charge in [-0.1, -0.05) is 37.3 Å². The van der Waals surface area contributed by atoms with Gasteiger partial charge in [-0.15, -0.1) is 11.3 Å². The van der Waals surface area contributed by atoms with Gasteiger partial charge in [-0.25, -0.2) is 4.79 Å². The molecule has 0 N–H and O–H groups in total. The van der Waals surface area contributed by atoms with E-state index in [1.165, 1.54) is 17.5 Å². The lowest BCUT2D eigenvalue weighted by Gasteiger charge is -2.40. The number of nitrogens with zero attached hydrogens (tertiary/aromatic N) is 3. The first-order valence-corrected chi connectivity index (χ1v) is 14.1. The fourth-order valence-electron chi connectivity index (χ4n) is 5.46. The maximum absolute atomic E-state index is 14.2. The molecule has 6 nitrogen and oxygen atoms in total. The van der Waals surface area contributed by atoms with Crippen molar-refractivity contribution in [2.75, 3.05) is 25.0 Å². The molecular formula is C30H35N3O3S. The van der Waals surface area contributed by atoms with E-state index in [0.717, 1.165) is 62.1 Å². The summed E-state index contributed by atoms with van der Waals surface area (Å²) in [5.41, 5.74) is 1.72. The van der Waals surface area contributed by atoms with Crippen LogP contribution in [0.1, 0.15) is 55.1 Å². The molecule has 1 aliphatic carbocycles. The van der Waals surface area contributed by atoms with Crippen molar-refractivity contribution in [3.8, 4) is 16.2 Å². The summed E-state index contributed by atoms with van der Waals surface area (Å²) in [6.07, 6.45) is 8.93. The van der Waals surface area contributed by atoms with Crippen molar-refractivity contribution in [3.05, 3.63) is 65.8 Å². The molecule has 2 fully saturated rings. The Morgan fingerprint density at radius 1 is 1.00 bits per heavy atom. The second kappa shape index (κ2) is 11.6. The van der Waals surface area contributed by atoms with Crippen LogP contribution < -0.4 is 9.64 Å². The van der Waals surface area contributed by atoms with E-state index in [0.29, 0.717) is 22.2 Å². The van der Waals surface area contributed by atoms with Crippen molar-refractivity contribution >= 4 is 28.9 Å². The maximum atomic E-state index is 14.2. The number of rotatable bonds is 6. The van der Waals surface area contributed by atoms with Crippen molar-refractivity contribution in [2.45, 2.75) is 51.5 Å². The number of ether oxygens (including phenoxy) is 1. The third-order valence-corrected chi connectivity index (χ3v) is 8.87. The minimum atomic E-state index is -0.446. The predicted octanol–water partition coefficient (Wildman–Crippen LogP) is 6.28. The largest absolute Gasteiger partial charge is 0.421 e. The van der Waals surface area contributed by atoms with E-state index in [9.17, 15) is 9.59 Å². The smallest absolute Gasteiger partial charge is 0.355 e. The van der Waals surface area contributed by atoms with Gasteiger partial charge in [-0.2, -0.15) is 0 Å². The lowest BCUT2D eigenvalue weighted by molar-refractivity contribution is -0.124. The number of carbonyl (C=O) groups is 2. The normalized spacial score (nSPS) is 20.9. The molecule has 1 amide bonds. The highest BCUT2D eigenvalue weighted by atomic mass is 32.1. The molecule has 3 heterocycles. The summed E-state index contributed by atoms with van der Waals surface area (Å²) in [7, 11) is 2.12. The topological polar surface area (TPSA) is 62.7 Å². The average molecular weight is 518 g/mol. The standard InChI is InChI=1S/C30H35N3O3S/c1-21-10-12-23(13-11-21)29(34)33(24-14-17-32(2)18-15-24)26-19-27(22-7-4-3-5-8-22)37-28(26)30(35)36-25-9-6-16-31-20-25/h3-9,16,19-21,23-24H,10-15,17-18H2,1-2H3. The van der Waals surface area contributed by atoms with Gasteiger partial charge in [-0.3, -0.25) is 9.78 Å². The van der Waals surface area contributed by atoms with Gasteiger partial charge in [0.15, 0.2) is 0 Å². The molecule has 0 atom stereocenters. The van der Waals surface area contributed by atoms with Crippen LogP contribution in [0.15, 0.2) is 60.9 Å². The van der Waals surface area contributed by atoms with Gasteiger partial charge in [0.2, 0.25) is 5.91 Å². The van der Waals surface area contributed by atoms with Crippen LogP contribution in [-0.2, 0) is 4.79 Å². The highest BCUT2D eigenvalue weighted by Crippen LogP contribution is 2.41. The second-order valence-electron chi connectivity index (χ2n) is 10.5. The van der Waals surface area contributed by atoms with Crippen molar-refractivity contribution in [2.24, 2.45) is 11.8 Å². The molecular weight excluding hydrogens is 482 g/mol. The zero-order chi connectivity index (χ0) is 25.8. The molecule has 1 aromatic carbocycles. The molecule has 1 saturated carbocycles. The molecule has 7 heteroatoms. The van der Waals surface area contributed by atoms with Gasteiger partial charge in [0, 0.05) is 23.0 Å². The van der Waals surface area contributed by atoms with Crippen LogP contribution in [0.2, 0.25) is 0 Å². The van der Waals surface area contributed by atoms with Crippen molar-refractivity contribution in [1.29, 1.82) is 0 Å². The number of piperidine rings is 1.